The summed E-state index contributed by atoms with van der Waals surface area (Å²) in [6.45, 7) is 0.0764. The van der Waals surface area contributed by atoms with Crippen molar-refractivity contribution in [1.29, 1.82) is 0 Å². The van der Waals surface area contributed by atoms with Gasteiger partial charge in [-0.05, 0) is 6.90 Å². The van der Waals surface area contributed by atoms with Crippen LogP contribution in [-0.4, -0.2) is 14.2 Å². The zero-order valence-electron chi connectivity index (χ0n) is 5.02. The summed E-state index contributed by atoms with van der Waals surface area (Å²) in [7, 11) is 2.96. The Balaban J connectivity index is 2.99. The molecule has 0 saturated heterocycles. The first-order valence-corrected chi connectivity index (χ1v) is 1.58. The number of rotatable bonds is 2. The molecule has 0 fully saturated rings. The number of ether oxygens (including phenoxy) is 2. The van der Waals surface area contributed by atoms with Gasteiger partial charge in [-0.2, -0.15) is 0 Å². The lowest BCUT2D eigenvalue weighted by Crippen LogP contribution is -1.94. The van der Waals surface area contributed by atoms with Gasteiger partial charge in [-0.1, -0.05) is 0 Å². The summed E-state index contributed by atoms with van der Waals surface area (Å²) in [6.07, 6.45) is 0.347. The minimum atomic E-state index is 0.0764. The zero-order chi connectivity index (χ0) is 5.70. The lowest BCUT2D eigenvalue weighted by molar-refractivity contribution is 0.0138. The summed E-state index contributed by atoms with van der Waals surface area (Å²) in [5.41, 5.74) is 0. The molecule has 0 unspecified atom stereocenters. The Morgan fingerprint density at radius 1 is 1.50 bits per heavy atom. The molecule has 0 rings (SSSR count). The van der Waals surface area contributed by atoms with E-state index in [1.807, 2.05) is 0 Å². The first-order valence-electron chi connectivity index (χ1n) is 2.29. The molecule has 37 valence electrons. The van der Waals surface area contributed by atoms with E-state index in [1.54, 1.807) is 0 Å². The van der Waals surface area contributed by atoms with Crippen LogP contribution in [0.2, 0.25) is 0 Å². The SMILES string of the molecule is [2H]C[C](OC)OC. The van der Waals surface area contributed by atoms with Crippen LogP contribution in [-0.2, 0) is 9.47 Å². The summed E-state index contributed by atoms with van der Waals surface area (Å²) < 4.78 is 15.8. The average Bonchev–Trinajstić information content (AvgIpc) is 1.72. The summed E-state index contributed by atoms with van der Waals surface area (Å²) in [5, 5.41) is 0. The largest absolute Gasteiger partial charge is 0.349 e. The molecule has 0 aliphatic heterocycles. The summed E-state index contributed by atoms with van der Waals surface area (Å²) in [4.78, 5) is 0. The fraction of sp³-hybridized carbons (Fsp3) is 0.750. The Morgan fingerprint density at radius 2 is 2.00 bits per heavy atom. The maximum atomic E-state index is 6.67. The third-order valence-electron chi connectivity index (χ3n) is 0.455. The van der Waals surface area contributed by atoms with E-state index in [0.717, 1.165) is 0 Å². The van der Waals surface area contributed by atoms with Gasteiger partial charge in [0.15, 0.2) is 0 Å². The molecule has 0 amide bonds. The highest BCUT2D eigenvalue weighted by Gasteiger charge is 1.91. The van der Waals surface area contributed by atoms with Crippen LogP contribution < -0.4 is 0 Å². The van der Waals surface area contributed by atoms with Crippen LogP contribution in [0.4, 0.5) is 0 Å². The highest BCUT2D eigenvalue weighted by Crippen LogP contribution is 1.94. The molecule has 0 heterocycles. The predicted molar refractivity (Wildman–Crippen MR) is 22.9 cm³/mol. The Bertz CT molecular complexity index is 31.2. The first kappa shape index (κ1) is 4.09. The Hall–Kier alpha value is -0.0800. The minimum absolute atomic E-state index is 0.0764. The van der Waals surface area contributed by atoms with Crippen molar-refractivity contribution in [3.63, 3.8) is 0 Å². The number of methoxy groups -OCH3 is 2. The molecule has 0 N–H and O–H groups in total. The highest BCUT2D eigenvalue weighted by atomic mass is 16.7. The van der Waals surface area contributed by atoms with E-state index in [-0.39, 0.29) is 6.90 Å². The van der Waals surface area contributed by atoms with E-state index in [4.69, 9.17) is 1.37 Å². The lowest BCUT2D eigenvalue weighted by atomic mass is 10.8. The first-order chi connectivity index (χ1) is 3.35. The molecule has 6 heavy (non-hydrogen) atoms. The van der Waals surface area contributed by atoms with Crippen LogP contribution in [0.5, 0.6) is 0 Å². The molecule has 0 atom stereocenters. The normalized spacial score (nSPS) is 12.2. The van der Waals surface area contributed by atoms with E-state index in [1.165, 1.54) is 14.2 Å². The molecule has 0 spiro atoms. The standard InChI is InChI=1S/C4H9O2/c1-4(5-2)6-3/h1-3H3/i1D. The summed E-state index contributed by atoms with van der Waals surface area (Å²) in [5.74, 6) is 0. The molecule has 0 bridgehead atoms. The molecular weight excluding hydrogens is 80.0 g/mol. The van der Waals surface area contributed by atoms with Gasteiger partial charge >= 0.3 is 0 Å². The molecule has 2 heteroatoms. The predicted octanol–water partition coefficient (Wildman–Crippen LogP) is 0.789. The van der Waals surface area contributed by atoms with Gasteiger partial charge in [0.2, 0.25) is 6.29 Å². The quantitative estimate of drug-likeness (QED) is 0.499. The van der Waals surface area contributed by atoms with Gasteiger partial charge < -0.3 is 9.47 Å². The van der Waals surface area contributed by atoms with Gasteiger partial charge in [0.05, 0.1) is 0 Å². The van der Waals surface area contributed by atoms with E-state index in [0.29, 0.717) is 6.29 Å². The van der Waals surface area contributed by atoms with Crippen molar-refractivity contribution < 1.29 is 10.8 Å². The van der Waals surface area contributed by atoms with Crippen molar-refractivity contribution in [3.8, 4) is 0 Å². The second kappa shape index (κ2) is 3.12. The van der Waals surface area contributed by atoms with Crippen LogP contribution in [0, 0.1) is 6.29 Å². The van der Waals surface area contributed by atoms with Crippen molar-refractivity contribution in [1.82, 2.24) is 0 Å². The Kier molecular flexibility index (Phi) is 2.13. The second-order valence-corrected chi connectivity index (χ2v) is 0.780. The summed E-state index contributed by atoms with van der Waals surface area (Å²) >= 11 is 0. The third kappa shape index (κ3) is 2.18. The van der Waals surface area contributed by atoms with Crippen molar-refractivity contribution in [2.75, 3.05) is 14.2 Å². The molecule has 0 aliphatic rings. The van der Waals surface area contributed by atoms with E-state index < -0.39 is 0 Å². The molecule has 1 radical (unpaired) electrons. The van der Waals surface area contributed by atoms with Gasteiger partial charge in [0, 0.05) is 15.6 Å². The van der Waals surface area contributed by atoms with Crippen LogP contribution in [0.25, 0.3) is 0 Å². The Labute approximate surface area is 39.5 Å². The molecule has 0 saturated carbocycles. The van der Waals surface area contributed by atoms with Crippen molar-refractivity contribution in [2.45, 2.75) is 6.90 Å². The van der Waals surface area contributed by atoms with E-state index in [9.17, 15) is 0 Å². The maximum absolute atomic E-state index is 6.67. The fourth-order valence-electron chi connectivity index (χ4n) is 0.0833. The van der Waals surface area contributed by atoms with E-state index >= 15 is 0 Å². The maximum Gasteiger partial charge on any atom is 0.219 e. The van der Waals surface area contributed by atoms with Gasteiger partial charge in [-0.3, -0.25) is 0 Å². The van der Waals surface area contributed by atoms with Crippen LogP contribution in [0.15, 0.2) is 0 Å². The van der Waals surface area contributed by atoms with Crippen LogP contribution in [0.3, 0.4) is 0 Å². The van der Waals surface area contributed by atoms with Crippen molar-refractivity contribution in [2.24, 2.45) is 0 Å². The zero-order valence-corrected chi connectivity index (χ0v) is 4.02. The van der Waals surface area contributed by atoms with Gasteiger partial charge in [0.1, 0.15) is 0 Å². The topological polar surface area (TPSA) is 18.5 Å². The molecular formula is C4H9O2. The molecule has 0 aromatic carbocycles. The molecule has 0 aliphatic carbocycles. The number of hydrogen-bond donors (Lipinski definition) is 0. The smallest absolute Gasteiger partial charge is 0.219 e. The minimum Gasteiger partial charge on any atom is -0.349 e. The molecule has 0 aromatic heterocycles. The molecule has 0 aromatic rings. The lowest BCUT2D eigenvalue weighted by Gasteiger charge is -2.00. The average molecular weight is 90.1 g/mol. The van der Waals surface area contributed by atoms with Crippen LogP contribution >= 0.6 is 0 Å². The Morgan fingerprint density at radius 3 is 2.00 bits per heavy atom. The third-order valence-corrected chi connectivity index (χ3v) is 0.455. The van der Waals surface area contributed by atoms with Crippen LogP contribution in [0.1, 0.15) is 8.27 Å². The summed E-state index contributed by atoms with van der Waals surface area (Å²) in [6, 6.07) is 0. The highest BCUT2D eigenvalue weighted by molar-refractivity contribution is 4.47. The van der Waals surface area contributed by atoms with Gasteiger partial charge in [0.25, 0.3) is 0 Å². The second-order valence-electron chi connectivity index (χ2n) is 0.780. The molecule has 2 nitrogen and oxygen atoms in total. The fourth-order valence-corrected chi connectivity index (χ4v) is 0.0833. The van der Waals surface area contributed by atoms with E-state index in [2.05, 4.69) is 9.47 Å². The van der Waals surface area contributed by atoms with Gasteiger partial charge in [-0.15, -0.1) is 0 Å². The monoisotopic (exact) mass is 90.1 g/mol. The van der Waals surface area contributed by atoms with Gasteiger partial charge in [-0.25, -0.2) is 0 Å². The van der Waals surface area contributed by atoms with Crippen molar-refractivity contribution in [3.05, 3.63) is 6.29 Å². The number of hydrogen-bond acceptors (Lipinski definition) is 2. The van der Waals surface area contributed by atoms with Crippen molar-refractivity contribution >= 4 is 0 Å².